The first-order valence-electron chi connectivity index (χ1n) is 5.39. The molecule has 2 nitrogen and oxygen atoms in total. The number of aldehydes is 1. The quantitative estimate of drug-likeness (QED) is 0.692. The summed E-state index contributed by atoms with van der Waals surface area (Å²) in [6.07, 6.45) is 4.23. The monoisotopic (exact) mass is 204 g/mol. The summed E-state index contributed by atoms with van der Waals surface area (Å²) in [5.41, 5.74) is 3.60. The number of carbonyl (C=O) groups excluding carboxylic acids is 1. The van der Waals surface area contributed by atoms with Crippen molar-refractivity contribution >= 4 is 6.29 Å². The second kappa shape index (κ2) is 4.05. The van der Waals surface area contributed by atoms with Crippen LogP contribution in [0.4, 0.5) is 0 Å². The van der Waals surface area contributed by atoms with Crippen LogP contribution in [0.1, 0.15) is 35.4 Å². The van der Waals surface area contributed by atoms with Gasteiger partial charge in [-0.25, -0.2) is 0 Å². The molecule has 0 heterocycles. The van der Waals surface area contributed by atoms with E-state index in [9.17, 15) is 4.79 Å². The highest BCUT2D eigenvalue weighted by Crippen LogP contribution is 2.34. The molecule has 0 saturated carbocycles. The van der Waals surface area contributed by atoms with Crippen LogP contribution in [0.15, 0.2) is 12.1 Å². The molecule has 0 amide bonds. The Labute approximate surface area is 90.3 Å². The number of aryl methyl sites for hydroxylation is 2. The molecule has 1 aliphatic rings. The van der Waals surface area contributed by atoms with Crippen LogP contribution in [0.5, 0.6) is 5.75 Å². The summed E-state index contributed by atoms with van der Waals surface area (Å²) in [6, 6.07) is 4.19. The molecule has 1 aromatic rings. The number of fused-ring (bicyclic) bond motifs is 1. The molecule has 0 saturated heterocycles. The van der Waals surface area contributed by atoms with Crippen LogP contribution in [0.3, 0.4) is 0 Å². The Kier molecular flexibility index (Phi) is 2.76. The van der Waals surface area contributed by atoms with Gasteiger partial charge in [0, 0.05) is 5.92 Å². The van der Waals surface area contributed by atoms with E-state index >= 15 is 0 Å². The third-order valence-electron chi connectivity index (χ3n) is 3.18. The van der Waals surface area contributed by atoms with Gasteiger partial charge in [-0.2, -0.15) is 0 Å². The average Bonchev–Trinajstić information content (AvgIpc) is 2.27. The van der Waals surface area contributed by atoms with Crippen molar-refractivity contribution in [2.45, 2.75) is 32.1 Å². The van der Waals surface area contributed by atoms with Crippen LogP contribution in [-0.2, 0) is 11.2 Å². The SMILES string of the molecule is COc1cc2c(cc1C)C(C=O)CCC2. The van der Waals surface area contributed by atoms with E-state index in [0.717, 1.165) is 36.9 Å². The van der Waals surface area contributed by atoms with Crippen molar-refractivity contribution in [3.63, 3.8) is 0 Å². The first kappa shape index (κ1) is 10.2. The van der Waals surface area contributed by atoms with Crippen LogP contribution in [0.2, 0.25) is 0 Å². The molecule has 1 aliphatic carbocycles. The van der Waals surface area contributed by atoms with E-state index in [1.807, 2.05) is 6.92 Å². The fraction of sp³-hybridized carbons (Fsp3) is 0.462. The normalized spacial score (nSPS) is 19.5. The summed E-state index contributed by atoms with van der Waals surface area (Å²) in [4.78, 5) is 11.0. The van der Waals surface area contributed by atoms with Gasteiger partial charge in [-0.3, -0.25) is 0 Å². The van der Waals surface area contributed by atoms with E-state index in [0.29, 0.717) is 0 Å². The maximum Gasteiger partial charge on any atom is 0.127 e. The highest BCUT2D eigenvalue weighted by atomic mass is 16.5. The van der Waals surface area contributed by atoms with E-state index < -0.39 is 0 Å². The fourth-order valence-electron chi connectivity index (χ4n) is 2.34. The van der Waals surface area contributed by atoms with E-state index in [1.54, 1.807) is 7.11 Å². The van der Waals surface area contributed by atoms with Gasteiger partial charge in [0.15, 0.2) is 0 Å². The molecule has 2 rings (SSSR count). The van der Waals surface area contributed by atoms with E-state index in [-0.39, 0.29) is 5.92 Å². The van der Waals surface area contributed by atoms with Crippen LogP contribution in [0.25, 0.3) is 0 Å². The van der Waals surface area contributed by atoms with Gasteiger partial charge in [0.25, 0.3) is 0 Å². The summed E-state index contributed by atoms with van der Waals surface area (Å²) >= 11 is 0. The highest BCUT2D eigenvalue weighted by molar-refractivity contribution is 5.65. The van der Waals surface area contributed by atoms with Crippen molar-refractivity contribution in [3.8, 4) is 5.75 Å². The number of rotatable bonds is 2. The smallest absolute Gasteiger partial charge is 0.127 e. The highest BCUT2D eigenvalue weighted by Gasteiger charge is 2.20. The summed E-state index contributed by atoms with van der Waals surface area (Å²) in [5, 5.41) is 0. The Balaban J connectivity index is 2.49. The van der Waals surface area contributed by atoms with Crippen LogP contribution in [-0.4, -0.2) is 13.4 Å². The van der Waals surface area contributed by atoms with Gasteiger partial charge in [-0.05, 0) is 48.9 Å². The van der Waals surface area contributed by atoms with Gasteiger partial charge in [0.05, 0.1) is 7.11 Å². The molecule has 1 atom stereocenters. The Bertz CT molecular complexity index is 382. The molecule has 0 spiro atoms. The van der Waals surface area contributed by atoms with Gasteiger partial charge in [0.1, 0.15) is 12.0 Å². The molecule has 0 N–H and O–H groups in total. The molecule has 0 bridgehead atoms. The summed E-state index contributed by atoms with van der Waals surface area (Å²) in [7, 11) is 1.69. The lowest BCUT2D eigenvalue weighted by molar-refractivity contribution is -0.109. The topological polar surface area (TPSA) is 26.3 Å². The Hall–Kier alpha value is -1.31. The predicted octanol–water partition coefficient (Wildman–Crippen LogP) is 2.62. The third kappa shape index (κ3) is 1.76. The van der Waals surface area contributed by atoms with Crippen molar-refractivity contribution in [3.05, 3.63) is 28.8 Å². The number of benzene rings is 1. The molecule has 2 heteroatoms. The second-order valence-electron chi connectivity index (χ2n) is 4.16. The molecule has 0 aromatic heterocycles. The first-order chi connectivity index (χ1) is 7.26. The van der Waals surface area contributed by atoms with Crippen molar-refractivity contribution in [1.29, 1.82) is 0 Å². The molecule has 80 valence electrons. The molecule has 1 unspecified atom stereocenters. The maximum atomic E-state index is 11.0. The zero-order valence-corrected chi connectivity index (χ0v) is 9.25. The van der Waals surface area contributed by atoms with Crippen LogP contribution >= 0.6 is 0 Å². The maximum absolute atomic E-state index is 11.0. The van der Waals surface area contributed by atoms with Crippen molar-refractivity contribution < 1.29 is 9.53 Å². The van der Waals surface area contributed by atoms with Crippen molar-refractivity contribution in [2.75, 3.05) is 7.11 Å². The number of ether oxygens (including phenoxy) is 1. The molecule has 1 aromatic carbocycles. The van der Waals surface area contributed by atoms with Crippen LogP contribution in [0, 0.1) is 6.92 Å². The minimum Gasteiger partial charge on any atom is -0.496 e. The molecule has 15 heavy (non-hydrogen) atoms. The number of hydrogen-bond acceptors (Lipinski definition) is 2. The van der Waals surface area contributed by atoms with E-state index in [1.165, 1.54) is 11.1 Å². The lowest BCUT2D eigenvalue weighted by atomic mass is 9.82. The number of methoxy groups -OCH3 is 1. The molecule has 0 aliphatic heterocycles. The van der Waals surface area contributed by atoms with Gasteiger partial charge in [0.2, 0.25) is 0 Å². The Morgan fingerprint density at radius 1 is 1.47 bits per heavy atom. The fourth-order valence-corrected chi connectivity index (χ4v) is 2.34. The standard InChI is InChI=1S/C13H16O2/c1-9-6-12-10(7-13(9)15-2)4-3-5-11(12)8-14/h6-8,11H,3-5H2,1-2H3. The number of carbonyl (C=O) groups is 1. The third-order valence-corrected chi connectivity index (χ3v) is 3.18. The molecular formula is C13H16O2. The second-order valence-corrected chi connectivity index (χ2v) is 4.16. The number of hydrogen-bond donors (Lipinski definition) is 0. The largest absolute Gasteiger partial charge is 0.496 e. The zero-order valence-electron chi connectivity index (χ0n) is 9.25. The lowest BCUT2D eigenvalue weighted by Crippen LogP contribution is -2.11. The summed E-state index contributed by atoms with van der Waals surface area (Å²) in [6.45, 7) is 2.02. The Morgan fingerprint density at radius 3 is 2.93 bits per heavy atom. The average molecular weight is 204 g/mol. The molecule has 0 fully saturated rings. The lowest BCUT2D eigenvalue weighted by Gasteiger charge is -2.22. The zero-order chi connectivity index (χ0) is 10.8. The first-order valence-corrected chi connectivity index (χ1v) is 5.39. The Morgan fingerprint density at radius 2 is 2.27 bits per heavy atom. The van der Waals surface area contributed by atoms with Crippen molar-refractivity contribution in [2.24, 2.45) is 0 Å². The van der Waals surface area contributed by atoms with Crippen LogP contribution < -0.4 is 4.74 Å². The summed E-state index contributed by atoms with van der Waals surface area (Å²) in [5.74, 6) is 1.03. The van der Waals surface area contributed by atoms with Gasteiger partial charge in [-0.1, -0.05) is 6.07 Å². The minimum absolute atomic E-state index is 0.0957. The minimum atomic E-state index is 0.0957. The van der Waals surface area contributed by atoms with Crippen molar-refractivity contribution in [1.82, 2.24) is 0 Å². The van der Waals surface area contributed by atoms with Gasteiger partial charge < -0.3 is 9.53 Å². The predicted molar refractivity (Wildman–Crippen MR) is 59.5 cm³/mol. The van der Waals surface area contributed by atoms with E-state index in [4.69, 9.17) is 4.74 Å². The molecular weight excluding hydrogens is 188 g/mol. The van der Waals surface area contributed by atoms with E-state index in [2.05, 4.69) is 12.1 Å². The van der Waals surface area contributed by atoms with Gasteiger partial charge in [-0.15, -0.1) is 0 Å². The molecule has 0 radical (unpaired) electrons. The van der Waals surface area contributed by atoms with Gasteiger partial charge >= 0.3 is 0 Å². The summed E-state index contributed by atoms with van der Waals surface area (Å²) < 4.78 is 5.29.